The molecule has 6 heteroatoms. The minimum atomic E-state index is -0.545. The Hall–Kier alpha value is -2.63. The molecule has 19 heavy (non-hydrogen) atoms. The van der Waals surface area contributed by atoms with Crippen LogP contribution in [0.4, 0.5) is 5.69 Å². The van der Waals surface area contributed by atoms with Gasteiger partial charge in [-0.3, -0.25) is 9.59 Å². The highest BCUT2D eigenvalue weighted by atomic mass is 16.5. The van der Waals surface area contributed by atoms with Gasteiger partial charge in [-0.25, -0.2) is 0 Å². The minimum absolute atomic E-state index is 0.150. The number of hydrogen-bond donors (Lipinski definition) is 2. The second kappa shape index (κ2) is 7.65. The number of esters is 1. The van der Waals surface area contributed by atoms with Crippen molar-refractivity contribution in [2.45, 2.75) is 6.42 Å². The number of carbonyl (C=O) groups excluding carboxylic acids is 2. The summed E-state index contributed by atoms with van der Waals surface area (Å²) in [6, 6.07) is 7.03. The normalized spacial score (nSPS) is 10.8. The standard InChI is InChI=1S/C13H14N2O4/c1-19-13(17)8-4-6-10-5-2-3-7-11(10)15-12(16)9-14-18/h2-7,9,18H,8H2,1H3,(H,15,16). The average molecular weight is 262 g/mol. The van der Waals surface area contributed by atoms with Gasteiger partial charge in [0.1, 0.15) is 6.21 Å². The van der Waals surface area contributed by atoms with Crippen LogP contribution < -0.4 is 5.32 Å². The quantitative estimate of drug-likeness (QED) is 0.365. The van der Waals surface area contributed by atoms with Gasteiger partial charge in [0, 0.05) is 5.69 Å². The van der Waals surface area contributed by atoms with Crippen LogP contribution in [-0.4, -0.2) is 30.4 Å². The Balaban J connectivity index is 2.78. The van der Waals surface area contributed by atoms with Crippen LogP contribution in [0.15, 0.2) is 35.5 Å². The molecular weight excluding hydrogens is 248 g/mol. The van der Waals surface area contributed by atoms with Crippen molar-refractivity contribution in [1.29, 1.82) is 0 Å². The molecule has 1 rings (SSSR count). The van der Waals surface area contributed by atoms with Crippen molar-refractivity contribution in [2.75, 3.05) is 12.4 Å². The maximum atomic E-state index is 11.3. The Morgan fingerprint density at radius 2 is 2.16 bits per heavy atom. The number of oxime groups is 1. The summed E-state index contributed by atoms with van der Waals surface area (Å²) in [5.41, 5.74) is 1.28. The van der Waals surface area contributed by atoms with E-state index in [1.165, 1.54) is 7.11 Å². The van der Waals surface area contributed by atoms with Gasteiger partial charge in [-0.05, 0) is 11.6 Å². The second-order valence-corrected chi connectivity index (χ2v) is 3.50. The number of hydrogen-bond acceptors (Lipinski definition) is 5. The lowest BCUT2D eigenvalue weighted by atomic mass is 10.1. The average Bonchev–Trinajstić information content (AvgIpc) is 2.40. The zero-order chi connectivity index (χ0) is 14.1. The number of rotatable bonds is 5. The van der Waals surface area contributed by atoms with E-state index in [-0.39, 0.29) is 12.4 Å². The van der Waals surface area contributed by atoms with Crippen LogP contribution in [0, 0.1) is 0 Å². The second-order valence-electron chi connectivity index (χ2n) is 3.50. The Morgan fingerprint density at radius 1 is 1.42 bits per heavy atom. The van der Waals surface area contributed by atoms with Crippen molar-refractivity contribution in [2.24, 2.45) is 5.16 Å². The first-order valence-corrected chi connectivity index (χ1v) is 5.48. The fraction of sp³-hybridized carbons (Fsp3) is 0.154. The number of benzene rings is 1. The lowest BCUT2D eigenvalue weighted by molar-refractivity contribution is -0.139. The summed E-state index contributed by atoms with van der Waals surface area (Å²) in [7, 11) is 1.32. The maximum Gasteiger partial charge on any atom is 0.309 e. The van der Waals surface area contributed by atoms with Crippen LogP contribution in [0.3, 0.4) is 0 Å². The summed E-state index contributed by atoms with van der Waals surface area (Å²) < 4.78 is 4.51. The van der Waals surface area contributed by atoms with Gasteiger partial charge in [0.25, 0.3) is 5.91 Å². The van der Waals surface area contributed by atoms with Crippen molar-refractivity contribution < 1.29 is 19.5 Å². The number of ether oxygens (including phenoxy) is 1. The van der Waals surface area contributed by atoms with E-state index >= 15 is 0 Å². The van der Waals surface area contributed by atoms with Crippen LogP contribution >= 0.6 is 0 Å². The Bertz CT molecular complexity index is 509. The van der Waals surface area contributed by atoms with E-state index in [0.29, 0.717) is 5.69 Å². The molecule has 1 amide bonds. The summed E-state index contributed by atoms with van der Waals surface area (Å²) in [6.07, 6.45) is 4.24. The third-order valence-electron chi connectivity index (χ3n) is 2.20. The molecule has 0 aliphatic rings. The van der Waals surface area contributed by atoms with Gasteiger partial charge in [0.2, 0.25) is 0 Å². The molecule has 0 bridgehead atoms. The lowest BCUT2D eigenvalue weighted by Crippen LogP contribution is -2.13. The van der Waals surface area contributed by atoms with Crippen molar-refractivity contribution in [3.05, 3.63) is 35.9 Å². The molecule has 0 spiro atoms. The topological polar surface area (TPSA) is 88.0 Å². The predicted molar refractivity (Wildman–Crippen MR) is 71.0 cm³/mol. The molecule has 6 nitrogen and oxygen atoms in total. The minimum Gasteiger partial charge on any atom is -0.469 e. The number of para-hydroxylation sites is 1. The van der Waals surface area contributed by atoms with E-state index in [1.54, 1.807) is 36.4 Å². The van der Waals surface area contributed by atoms with Gasteiger partial charge in [-0.2, -0.15) is 0 Å². The zero-order valence-electron chi connectivity index (χ0n) is 10.4. The fourth-order valence-corrected chi connectivity index (χ4v) is 1.34. The Morgan fingerprint density at radius 3 is 2.84 bits per heavy atom. The van der Waals surface area contributed by atoms with Gasteiger partial charge >= 0.3 is 5.97 Å². The zero-order valence-corrected chi connectivity index (χ0v) is 10.4. The van der Waals surface area contributed by atoms with Gasteiger partial charge in [0.05, 0.1) is 13.5 Å². The number of nitrogens with zero attached hydrogens (tertiary/aromatic N) is 1. The van der Waals surface area contributed by atoms with Crippen LogP contribution in [0.2, 0.25) is 0 Å². The van der Waals surface area contributed by atoms with Crippen molar-refractivity contribution >= 4 is 29.9 Å². The molecule has 0 saturated carbocycles. The Labute approximate surface area is 110 Å². The van der Waals surface area contributed by atoms with Crippen LogP contribution in [0.25, 0.3) is 6.08 Å². The highest BCUT2D eigenvalue weighted by Gasteiger charge is 2.02. The SMILES string of the molecule is COC(=O)CC=Cc1ccccc1NC(=O)C=NO. The highest BCUT2D eigenvalue weighted by Crippen LogP contribution is 2.16. The molecule has 0 atom stereocenters. The number of anilines is 1. The first kappa shape index (κ1) is 14.4. The largest absolute Gasteiger partial charge is 0.469 e. The van der Waals surface area contributed by atoms with Crippen molar-refractivity contribution in [1.82, 2.24) is 0 Å². The molecular formula is C13H14N2O4. The lowest BCUT2D eigenvalue weighted by Gasteiger charge is -2.05. The molecule has 0 radical (unpaired) electrons. The molecule has 2 N–H and O–H groups in total. The molecule has 0 heterocycles. The first-order valence-electron chi connectivity index (χ1n) is 5.48. The number of methoxy groups -OCH3 is 1. The van der Waals surface area contributed by atoms with Gasteiger partial charge in [0.15, 0.2) is 0 Å². The van der Waals surface area contributed by atoms with E-state index in [4.69, 9.17) is 5.21 Å². The van der Waals surface area contributed by atoms with Crippen LogP contribution in [0.5, 0.6) is 0 Å². The van der Waals surface area contributed by atoms with E-state index in [9.17, 15) is 9.59 Å². The number of amides is 1. The maximum absolute atomic E-state index is 11.3. The summed E-state index contributed by atoms with van der Waals surface area (Å²) >= 11 is 0. The molecule has 0 aliphatic carbocycles. The van der Waals surface area contributed by atoms with E-state index in [1.807, 2.05) is 0 Å². The van der Waals surface area contributed by atoms with Crippen molar-refractivity contribution in [3.8, 4) is 0 Å². The van der Waals surface area contributed by atoms with E-state index < -0.39 is 5.91 Å². The number of nitrogens with one attached hydrogen (secondary N) is 1. The fourth-order valence-electron chi connectivity index (χ4n) is 1.34. The van der Waals surface area contributed by atoms with Gasteiger partial charge < -0.3 is 15.3 Å². The van der Waals surface area contributed by atoms with E-state index in [0.717, 1.165) is 11.8 Å². The third-order valence-corrected chi connectivity index (χ3v) is 2.20. The Kier molecular flexibility index (Phi) is 5.81. The smallest absolute Gasteiger partial charge is 0.309 e. The molecule has 0 fully saturated rings. The van der Waals surface area contributed by atoms with Crippen LogP contribution in [0.1, 0.15) is 12.0 Å². The van der Waals surface area contributed by atoms with Gasteiger partial charge in [-0.15, -0.1) is 0 Å². The summed E-state index contributed by atoms with van der Waals surface area (Å²) in [4.78, 5) is 22.2. The molecule has 0 aromatic heterocycles. The predicted octanol–water partition coefficient (Wildman–Crippen LogP) is 1.66. The molecule has 100 valence electrons. The molecule has 1 aromatic rings. The summed E-state index contributed by atoms with van der Waals surface area (Å²) in [6.45, 7) is 0. The van der Waals surface area contributed by atoms with Gasteiger partial charge in [-0.1, -0.05) is 35.5 Å². The number of carbonyl (C=O) groups is 2. The highest BCUT2D eigenvalue weighted by molar-refractivity contribution is 6.31. The molecule has 0 aliphatic heterocycles. The molecule has 1 aromatic carbocycles. The first-order chi connectivity index (χ1) is 9.17. The van der Waals surface area contributed by atoms with Crippen LogP contribution in [-0.2, 0) is 14.3 Å². The van der Waals surface area contributed by atoms with E-state index in [2.05, 4.69) is 15.2 Å². The van der Waals surface area contributed by atoms with Crippen molar-refractivity contribution in [3.63, 3.8) is 0 Å². The summed E-state index contributed by atoms with van der Waals surface area (Å²) in [5, 5.41) is 13.4. The third kappa shape index (κ3) is 5.03. The molecule has 0 unspecified atom stereocenters. The monoisotopic (exact) mass is 262 g/mol. The summed E-state index contributed by atoms with van der Waals surface area (Å²) in [5.74, 6) is -0.888. The molecule has 0 saturated heterocycles.